The van der Waals surface area contributed by atoms with Crippen molar-refractivity contribution in [2.24, 2.45) is 5.92 Å². The van der Waals surface area contributed by atoms with Crippen molar-refractivity contribution in [1.29, 1.82) is 0 Å². The van der Waals surface area contributed by atoms with E-state index < -0.39 is 0 Å². The smallest absolute Gasteiger partial charge is 0.0542 e. The minimum atomic E-state index is 0.434. The van der Waals surface area contributed by atoms with Gasteiger partial charge in [0.2, 0.25) is 0 Å². The van der Waals surface area contributed by atoms with E-state index in [-0.39, 0.29) is 0 Å². The van der Waals surface area contributed by atoms with E-state index in [0.29, 0.717) is 6.04 Å². The van der Waals surface area contributed by atoms with Gasteiger partial charge in [0, 0.05) is 5.69 Å². The first kappa shape index (κ1) is 15.1. The zero-order valence-electron chi connectivity index (χ0n) is 13.8. The summed E-state index contributed by atoms with van der Waals surface area (Å²) in [7, 11) is 0. The van der Waals surface area contributed by atoms with E-state index >= 15 is 0 Å². The van der Waals surface area contributed by atoms with Crippen LogP contribution in [0.25, 0.3) is 0 Å². The molecule has 0 amide bonds. The number of anilines is 1. The minimum Gasteiger partial charge on any atom is -0.378 e. The van der Waals surface area contributed by atoms with Gasteiger partial charge < -0.3 is 5.32 Å². The zero-order valence-corrected chi connectivity index (χ0v) is 13.8. The molecule has 116 valence electrons. The molecule has 0 radical (unpaired) electrons. The maximum Gasteiger partial charge on any atom is 0.0542 e. The standard InChI is InChI=1S/C21H27N/c1-16-8-12-19(13-9-16)21(18-6-4-3-5-7-18)22-20-14-10-17(2)11-15-20/h8-15,18,21-22H,3-7H2,1-2H3. The van der Waals surface area contributed by atoms with E-state index in [1.807, 2.05) is 0 Å². The van der Waals surface area contributed by atoms with Gasteiger partial charge in [0.15, 0.2) is 0 Å². The first-order chi connectivity index (χ1) is 10.7. The van der Waals surface area contributed by atoms with Crippen LogP contribution in [0.15, 0.2) is 48.5 Å². The van der Waals surface area contributed by atoms with Crippen LogP contribution in [-0.4, -0.2) is 0 Å². The van der Waals surface area contributed by atoms with Crippen LogP contribution in [0.3, 0.4) is 0 Å². The molecule has 0 heterocycles. The van der Waals surface area contributed by atoms with E-state index in [2.05, 4.69) is 67.7 Å². The van der Waals surface area contributed by atoms with Gasteiger partial charge in [-0.25, -0.2) is 0 Å². The van der Waals surface area contributed by atoms with Crippen molar-refractivity contribution in [1.82, 2.24) is 0 Å². The summed E-state index contributed by atoms with van der Waals surface area (Å²) < 4.78 is 0. The molecule has 2 aromatic rings. The monoisotopic (exact) mass is 293 g/mol. The molecule has 1 saturated carbocycles. The summed E-state index contributed by atoms with van der Waals surface area (Å²) in [5.41, 5.74) is 5.32. The molecular weight excluding hydrogens is 266 g/mol. The molecule has 1 heteroatoms. The van der Waals surface area contributed by atoms with Crippen LogP contribution in [0.4, 0.5) is 5.69 Å². The molecule has 2 aromatic carbocycles. The number of hydrogen-bond donors (Lipinski definition) is 1. The second kappa shape index (κ2) is 7.00. The van der Waals surface area contributed by atoms with Crippen LogP contribution in [-0.2, 0) is 0 Å². The SMILES string of the molecule is Cc1ccc(NC(c2ccc(C)cc2)C2CCCCC2)cc1. The molecular formula is C21H27N. The molecule has 0 spiro atoms. The summed E-state index contributed by atoms with van der Waals surface area (Å²) in [6.07, 6.45) is 6.85. The molecule has 3 rings (SSSR count). The second-order valence-electron chi connectivity index (χ2n) is 6.80. The van der Waals surface area contributed by atoms with Gasteiger partial charge in [0.05, 0.1) is 6.04 Å². The summed E-state index contributed by atoms with van der Waals surface area (Å²) in [6, 6.07) is 18.3. The Bertz CT molecular complexity index is 576. The third-order valence-electron chi connectivity index (χ3n) is 4.93. The molecule has 1 N–H and O–H groups in total. The third-order valence-corrected chi connectivity index (χ3v) is 4.93. The van der Waals surface area contributed by atoms with Crippen LogP contribution in [0.1, 0.15) is 54.8 Å². The lowest BCUT2D eigenvalue weighted by molar-refractivity contribution is 0.321. The Morgan fingerprint density at radius 2 is 1.32 bits per heavy atom. The first-order valence-electron chi connectivity index (χ1n) is 8.62. The highest BCUT2D eigenvalue weighted by molar-refractivity contribution is 5.47. The fraction of sp³-hybridized carbons (Fsp3) is 0.429. The molecule has 0 saturated heterocycles. The highest BCUT2D eigenvalue weighted by Gasteiger charge is 2.24. The van der Waals surface area contributed by atoms with Crippen molar-refractivity contribution >= 4 is 5.69 Å². The number of rotatable bonds is 4. The van der Waals surface area contributed by atoms with Crippen LogP contribution in [0.2, 0.25) is 0 Å². The van der Waals surface area contributed by atoms with Gasteiger partial charge in [0.1, 0.15) is 0 Å². The largest absolute Gasteiger partial charge is 0.378 e. The summed E-state index contributed by atoms with van der Waals surface area (Å²) in [5.74, 6) is 0.748. The van der Waals surface area contributed by atoms with E-state index in [0.717, 1.165) is 5.92 Å². The summed E-state index contributed by atoms with van der Waals surface area (Å²) >= 11 is 0. The van der Waals surface area contributed by atoms with E-state index in [1.54, 1.807) is 0 Å². The van der Waals surface area contributed by atoms with Crippen molar-refractivity contribution in [3.05, 3.63) is 65.2 Å². The Labute approximate surface area is 134 Å². The van der Waals surface area contributed by atoms with E-state index in [9.17, 15) is 0 Å². The normalized spacial score (nSPS) is 17.2. The zero-order chi connectivity index (χ0) is 15.4. The van der Waals surface area contributed by atoms with Gasteiger partial charge in [-0.15, -0.1) is 0 Å². The molecule has 1 unspecified atom stereocenters. The van der Waals surface area contributed by atoms with Crippen molar-refractivity contribution < 1.29 is 0 Å². The average Bonchev–Trinajstić information content (AvgIpc) is 2.56. The number of nitrogens with one attached hydrogen (secondary N) is 1. The van der Waals surface area contributed by atoms with Gasteiger partial charge >= 0.3 is 0 Å². The highest BCUT2D eigenvalue weighted by Crippen LogP contribution is 2.36. The predicted octanol–water partition coefficient (Wildman–Crippen LogP) is 6.04. The lowest BCUT2D eigenvalue weighted by Crippen LogP contribution is -2.23. The van der Waals surface area contributed by atoms with Crippen LogP contribution in [0.5, 0.6) is 0 Å². The van der Waals surface area contributed by atoms with Crippen LogP contribution in [0, 0.1) is 19.8 Å². The summed E-state index contributed by atoms with van der Waals surface area (Å²) in [4.78, 5) is 0. The molecule has 1 aliphatic carbocycles. The van der Waals surface area contributed by atoms with Crippen LogP contribution >= 0.6 is 0 Å². The maximum atomic E-state index is 3.81. The fourth-order valence-corrected chi connectivity index (χ4v) is 3.54. The minimum absolute atomic E-state index is 0.434. The molecule has 1 nitrogen and oxygen atoms in total. The molecule has 0 bridgehead atoms. The second-order valence-corrected chi connectivity index (χ2v) is 6.80. The Morgan fingerprint density at radius 3 is 1.91 bits per heavy atom. The predicted molar refractivity (Wildman–Crippen MR) is 95.3 cm³/mol. The Hall–Kier alpha value is -1.76. The number of hydrogen-bond acceptors (Lipinski definition) is 1. The third kappa shape index (κ3) is 3.71. The Balaban J connectivity index is 1.84. The fourth-order valence-electron chi connectivity index (χ4n) is 3.54. The molecule has 22 heavy (non-hydrogen) atoms. The Kier molecular flexibility index (Phi) is 4.82. The van der Waals surface area contributed by atoms with E-state index in [4.69, 9.17) is 0 Å². The maximum absolute atomic E-state index is 3.81. The van der Waals surface area contributed by atoms with E-state index in [1.165, 1.54) is 54.5 Å². The lowest BCUT2D eigenvalue weighted by Gasteiger charge is -2.32. The first-order valence-corrected chi connectivity index (χ1v) is 8.62. The molecule has 1 atom stereocenters. The topological polar surface area (TPSA) is 12.0 Å². The average molecular weight is 293 g/mol. The molecule has 1 aliphatic rings. The van der Waals surface area contributed by atoms with Crippen molar-refractivity contribution in [2.75, 3.05) is 5.32 Å². The molecule has 0 aromatic heterocycles. The van der Waals surface area contributed by atoms with Gasteiger partial charge in [0.25, 0.3) is 0 Å². The Morgan fingerprint density at radius 1 is 0.773 bits per heavy atom. The molecule has 0 aliphatic heterocycles. The lowest BCUT2D eigenvalue weighted by atomic mass is 9.81. The van der Waals surface area contributed by atoms with Gasteiger partial charge in [-0.1, -0.05) is 66.8 Å². The highest BCUT2D eigenvalue weighted by atomic mass is 14.9. The van der Waals surface area contributed by atoms with Gasteiger partial charge in [-0.2, -0.15) is 0 Å². The van der Waals surface area contributed by atoms with Gasteiger partial charge in [-0.05, 0) is 50.3 Å². The summed E-state index contributed by atoms with van der Waals surface area (Å²) in [6.45, 7) is 4.30. The number of aryl methyl sites for hydroxylation is 2. The van der Waals surface area contributed by atoms with Crippen molar-refractivity contribution in [3.63, 3.8) is 0 Å². The number of benzene rings is 2. The van der Waals surface area contributed by atoms with Crippen molar-refractivity contribution in [2.45, 2.75) is 52.0 Å². The van der Waals surface area contributed by atoms with Gasteiger partial charge in [-0.3, -0.25) is 0 Å². The van der Waals surface area contributed by atoms with Crippen LogP contribution < -0.4 is 5.32 Å². The van der Waals surface area contributed by atoms with Crippen molar-refractivity contribution in [3.8, 4) is 0 Å². The summed E-state index contributed by atoms with van der Waals surface area (Å²) in [5, 5.41) is 3.81. The quantitative estimate of drug-likeness (QED) is 0.725. The molecule has 1 fully saturated rings.